The molecule has 1 aliphatic heterocycles. The molecule has 1 heterocycles. The molecule has 0 bridgehead atoms. The van der Waals surface area contributed by atoms with Gasteiger partial charge >= 0.3 is 11.9 Å². The Bertz CT molecular complexity index is 506. The van der Waals surface area contributed by atoms with E-state index in [2.05, 4.69) is 5.48 Å². The quantitative estimate of drug-likeness (QED) is 0.671. The highest BCUT2D eigenvalue weighted by Crippen LogP contribution is 2.30. The molecule has 6 heteroatoms. The Morgan fingerprint density at radius 1 is 1.12 bits per heavy atom. The maximum absolute atomic E-state index is 11.0. The van der Waals surface area contributed by atoms with Gasteiger partial charge in [-0.25, -0.2) is 15.1 Å². The molecule has 6 nitrogen and oxygen atoms in total. The Balaban J connectivity index is 2.67. The third-order valence-corrected chi connectivity index (χ3v) is 2.10. The number of carbonyl (C=O) groups is 2. The molecule has 0 atom stereocenters. The van der Waals surface area contributed by atoms with Crippen LogP contribution in [-0.2, 0) is 9.59 Å². The molecule has 16 heavy (non-hydrogen) atoms. The summed E-state index contributed by atoms with van der Waals surface area (Å²) >= 11 is 0. The van der Waals surface area contributed by atoms with Crippen LogP contribution in [0.1, 0.15) is 5.56 Å². The van der Waals surface area contributed by atoms with Gasteiger partial charge < -0.3 is 15.1 Å². The summed E-state index contributed by atoms with van der Waals surface area (Å²) in [5, 5.41) is 17.8. The zero-order valence-corrected chi connectivity index (χ0v) is 7.93. The summed E-state index contributed by atoms with van der Waals surface area (Å²) in [6.45, 7) is 0. The summed E-state index contributed by atoms with van der Waals surface area (Å²) in [5.41, 5.74) is 1.56. The number of carboxylic acids is 2. The molecule has 0 unspecified atom stereocenters. The molecular weight excluding hydrogens is 214 g/mol. The van der Waals surface area contributed by atoms with Crippen LogP contribution in [0, 0.1) is 0 Å². The van der Waals surface area contributed by atoms with Gasteiger partial charge in [0.05, 0.1) is 0 Å². The van der Waals surface area contributed by atoms with E-state index in [4.69, 9.17) is 15.1 Å². The van der Waals surface area contributed by atoms with Gasteiger partial charge in [-0.05, 0) is 6.07 Å². The smallest absolute Gasteiger partial charge is 0.356 e. The molecule has 0 saturated heterocycles. The van der Waals surface area contributed by atoms with Gasteiger partial charge in [0, 0.05) is 5.56 Å². The van der Waals surface area contributed by atoms with Gasteiger partial charge in [0.25, 0.3) is 0 Å². The number of para-hydroxylation sites is 1. The van der Waals surface area contributed by atoms with E-state index in [1.165, 1.54) is 6.07 Å². The summed E-state index contributed by atoms with van der Waals surface area (Å²) in [6, 6.07) is 6.30. The maximum Gasteiger partial charge on any atom is 0.356 e. The minimum Gasteiger partial charge on any atom is -0.478 e. The van der Waals surface area contributed by atoms with Crippen LogP contribution in [0.25, 0.3) is 5.57 Å². The molecule has 82 valence electrons. The van der Waals surface area contributed by atoms with Gasteiger partial charge in [-0.3, -0.25) is 0 Å². The first-order valence-electron chi connectivity index (χ1n) is 4.34. The van der Waals surface area contributed by atoms with E-state index in [0.29, 0.717) is 0 Å². The Morgan fingerprint density at radius 3 is 2.44 bits per heavy atom. The third-order valence-electron chi connectivity index (χ3n) is 2.10. The van der Waals surface area contributed by atoms with Crippen molar-refractivity contribution in [3.05, 3.63) is 35.5 Å². The largest absolute Gasteiger partial charge is 0.478 e. The average Bonchev–Trinajstić information content (AvgIpc) is 2.27. The summed E-state index contributed by atoms with van der Waals surface area (Å²) in [4.78, 5) is 26.8. The summed E-state index contributed by atoms with van der Waals surface area (Å²) in [7, 11) is 0. The number of aliphatic carboxylic acids is 2. The Hall–Kier alpha value is -2.50. The van der Waals surface area contributed by atoms with E-state index in [1.54, 1.807) is 18.2 Å². The fraction of sp³-hybridized carbons (Fsp3) is 0. The lowest BCUT2D eigenvalue weighted by atomic mass is 10.0. The number of hydrogen-bond acceptors (Lipinski definition) is 4. The first kappa shape index (κ1) is 10.0. The molecule has 1 aromatic rings. The van der Waals surface area contributed by atoms with Crippen LogP contribution in [0.2, 0.25) is 0 Å². The van der Waals surface area contributed by atoms with Crippen LogP contribution in [-0.4, -0.2) is 22.2 Å². The Morgan fingerprint density at radius 2 is 1.81 bits per heavy atom. The molecule has 0 aliphatic carbocycles. The van der Waals surface area contributed by atoms with Gasteiger partial charge in [0.15, 0.2) is 11.4 Å². The van der Waals surface area contributed by atoms with Gasteiger partial charge in [0.2, 0.25) is 0 Å². The standard InChI is InChI=1S/C10H7NO5/c12-9(13)7-5-3-1-2-4-6(5)16-11-8(7)10(14)15/h1-4,11H,(H,12,13)(H,14,15). The first-order chi connectivity index (χ1) is 7.61. The lowest BCUT2D eigenvalue weighted by Gasteiger charge is -2.19. The molecule has 2 rings (SSSR count). The molecule has 0 radical (unpaired) electrons. The Kier molecular flexibility index (Phi) is 2.24. The van der Waals surface area contributed by atoms with Crippen LogP contribution in [0.5, 0.6) is 5.75 Å². The lowest BCUT2D eigenvalue weighted by molar-refractivity contribution is -0.135. The highest BCUT2D eigenvalue weighted by Gasteiger charge is 2.28. The number of hydroxylamine groups is 1. The normalized spacial score (nSPS) is 13.5. The van der Waals surface area contributed by atoms with E-state index < -0.39 is 17.6 Å². The third kappa shape index (κ3) is 1.46. The van der Waals surface area contributed by atoms with Crippen molar-refractivity contribution < 1.29 is 24.6 Å². The molecule has 1 aliphatic rings. The predicted molar refractivity (Wildman–Crippen MR) is 52.4 cm³/mol. The summed E-state index contributed by atoms with van der Waals surface area (Å²) in [6.07, 6.45) is 0. The van der Waals surface area contributed by atoms with Crippen LogP contribution in [0.15, 0.2) is 30.0 Å². The van der Waals surface area contributed by atoms with Crippen molar-refractivity contribution >= 4 is 17.5 Å². The van der Waals surface area contributed by atoms with Crippen LogP contribution >= 0.6 is 0 Å². The number of rotatable bonds is 2. The van der Waals surface area contributed by atoms with Crippen molar-refractivity contribution in [2.24, 2.45) is 0 Å². The van der Waals surface area contributed by atoms with Crippen molar-refractivity contribution in [1.82, 2.24) is 5.48 Å². The molecule has 0 saturated carbocycles. The lowest BCUT2D eigenvalue weighted by Crippen LogP contribution is -2.30. The van der Waals surface area contributed by atoms with Gasteiger partial charge in [-0.1, -0.05) is 18.2 Å². The van der Waals surface area contributed by atoms with Crippen molar-refractivity contribution in [2.45, 2.75) is 0 Å². The van der Waals surface area contributed by atoms with E-state index in [1.807, 2.05) is 0 Å². The zero-order valence-electron chi connectivity index (χ0n) is 7.93. The molecule has 0 amide bonds. The minimum absolute atomic E-state index is 0.242. The Labute approximate surface area is 89.7 Å². The molecule has 3 N–H and O–H groups in total. The molecule has 0 spiro atoms. The highest BCUT2D eigenvalue weighted by molar-refractivity contribution is 6.22. The van der Waals surface area contributed by atoms with Crippen molar-refractivity contribution in [3.8, 4) is 5.75 Å². The fourth-order valence-corrected chi connectivity index (χ4v) is 1.43. The fourth-order valence-electron chi connectivity index (χ4n) is 1.43. The second-order valence-corrected chi connectivity index (χ2v) is 3.06. The second kappa shape index (κ2) is 3.58. The van der Waals surface area contributed by atoms with Crippen LogP contribution in [0.3, 0.4) is 0 Å². The molecule has 1 aromatic carbocycles. The SMILES string of the molecule is O=C(O)C1=C(C(=O)O)c2ccccc2ON1. The van der Waals surface area contributed by atoms with E-state index in [9.17, 15) is 9.59 Å². The maximum atomic E-state index is 11.0. The van der Waals surface area contributed by atoms with Crippen molar-refractivity contribution in [2.75, 3.05) is 0 Å². The number of fused-ring (bicyclic) bond motifs is 1. The predicted octanol–water partition coefficient (Wildman–Crippen LogP) is 0.464. The second-order valence-electron chi connectivity index (χ2n) is 3.06. The molecule has 0 fully saturated rings. The average molecular weight is 221 g/mol. The first-order valence-corrected chi connectivity index (χ1v) is 4.34. The monoisotopic (exact) mass is 221 g/mol. The number of hydrogen-bond donors (Lipinski definition) is 3. The highest BCUT2D eigenvalue weighted by atomic mass is 16.7. The summed E-state index contributed by atoms with van der Waals surface area (Å²) < 4.78 is 0. The number of nitrogens with one attached hydrogen (secondary N) is 1. The van der Waals surface area contributed by atoms with Crippen molar-refractivity contribution in [1.29, 1.82) is 0 Å². The van der Waals surface area contributed by atoms with Gasteiger partial charge in [-0.2, -0.15) is 0 Å². The van der Waals surface area contributed by atoms with Gasteiger partial charge in [-0.15, -0.1) is 0 Å². The molecular formula is C10H7NO5. The topological polar surface area (TPSA) is 95.9 Å². The minimum atomic E-state index is -1.38. The number of carboxylic acid groups (broad SMARTS) is 2. The number of benzene rings is 1. The van der Waals surface area contributed by atoms with Crippen LogP contribution in [0.4, 0.5) is 0 Å². The molecule has 0 aromatic heterocycles. The van der Waals surface area contributed by atoms with E-state index in [-0.39, 0.29) is 16.9 Å². The van der Waals surface area contributed by atoms with Crippen molar-refractivity contribution in [3.63, 3.8) is 0 Å². The summed E-state index contributed by atoms with van der Waals surface area (Å²) in [5.74, 6) is -2.42. The van der Waals surface area contributed by atoms with E-state index in [0.717, 1.165) is 0 Å². The van der Waals surface area contributed by atoms with E-state index >= 15 is 0 Å². The zero-order chi connectivity index (χ0) is 11.7. The van der Waals surface area contributed by atoms with Crippen LogP contribution < -0.4 is 10.3 Å². The van der Waals surface area contributed by atoms with Gasteiger partial charge in [0.1, 0.15) is 5.57 Å².